The van der Waals surface area contributed by atoms with Gasteiger partial charge in [0.2, 0.25) is 5.76 Å². The number of allylic oxidation sites excluding steroid dienone is 3. The van der Waals surface area contributed by atoms with E-state index < -0.39 is 29.6 Å². The van der Waals surface area contributed by atoms with Crippen LogP contribution >= 0.6 is 0 Å². The molecule has 0 aliphatic rings. The summed E-state index contributed by atoms with van der Waals surface area (Å²) < 4.78 is 5.03. The molecule has 2 unspecified atom stereocenters. The molecule has 0 aromatic heterocycles. The number of esters is 1. The van der Waals surface area contributed by atoms with Crippen molar-refractivity contribution in [3.05, 3.63) is 35.8 Å². The monoisotopic (exact) mass is 832 g/mol. The fourth-order valence-electron chi connectivity index (χ4n) is 7.95. The third-order valence-corrected chi connectivity index (χ3v) is 12.1. The molecule has 0 spiro atoms. The summed E-state index contributed by atoms with van der Waals surface area (Å²) in [5.41, 5.74) is 5.97. The molecule has 348 valence electrons. The van der Waals surface area contributed by atoms with Gasteiger partial charge in [0.1, 0.15) is 6.61 Å². The minimum atomic E-state index is -1.05. The van der Waals surface area contributed by atoms with Crippen molar-refractivity contribution in [1.29, 1.82) is 0 Å². The van der Waals surface area contributed by atoms with Gasteiger partial charge in [-0.3, -0.25) is 0 Å². The summed E-state index contributed by atoms with van der Waals surface area (Å²) in [6, 6.07) is -0.814. The molecule has 0 rings (SSSR count). The van der Waals surface area contributed by atoms with Crippen molar-refractivity contribution < 1.29 is 24.9 Å². The molecule has 59 heavy (non-hydrogen) atoms. The second-order valence-electron chi connectivity index (χ2n) is 18.0. The van der Waals surface area contributed by atoms with Crippen molar-refractivity contribution in [2.24, 2.45) is 5.73 Å². The maximum absolute atomic E-state index is 12.2. The minimum absolute atomic E-state index is 0.260. The van der Waals surface area contributed by atoms with Crippen LogP contribution in [0.15, 0.2) is 35.8 Å². The molecule has 0 aliphatic carbocycles. The second-order valence-corrected chi connectivity index (χ2v) is 18.0. The summed E-state index contributed by atoms with van der Waals surface area (Å²) >= 11 is 0. The van der Waals surface area contributed by atoms with Gasteiger partial charge >= 0.3 is 5.97 Å². The highest BCUT2D eigenvalue weighted by Crippen LogP contribution is 2.17. The first-order chi connectivity index (χ1) is 28.9. The van der Waals surface area contributed by atoms with E-state index in [9.17, 15) is 20.1 Å². The maximum atomic E-state index is 12.2. The van der Waals surface area contributed by atoms with Gasteiger partial charge in [0.15, 0.2) is 5.76 Å². The van der Waals surface area contributed by atoms with E-state index in [4.69, 9.17) is 10.5 Å². The number of hydrogen-bond donors (Lipinski definition) is 4. The topological polar surface area (TPSA) is 113 Å². The van der Waals surface area contributed by atoms with Crippen LogP contribution in [0.3, 0.4) is 0 Å². The van der Waals surface area contributed by atoms with Crippen LogP contribution in [0.4, 0.5) is 0 Å². The highest BCUT2D eigenvalue weighted by Gasteiger charge is 2.18. The first-order valence-electron chi connectivity index (χ1n) is 26.0. The zero-order valence-electron chi connectivity index (χ0n) is 39.4. The van der Waals surface area contributed by atoms with E-state index in [-0.39, 0.29) is 6.61 Å². The number of aliphatic hydroxyl groups excluding tert-OH is 3. The Balaban J connectivity index is 3.60. The summed E-state index contributed by atoms with van der Waals surface area (Å²) in [5, 5.41) is 30.5. The van der Waals surface area contributed by atoms with Crippen molar-refractivity contribution in [2.45, 2.75) is 289 Å². The number of carbonyl (C=O) groups excluding carboxylic acids is 1. The molecule has 0 radical (unpaired) electrons. The molecular formula is C53H101NO5. The van der Waals surface area contributed by atoms with E-state index >= 15 is 0 Å². The van der Waals surface area contributed by atoms with Crippen LogP contribution in [0.2, 0.25) is 0 Å². The normalized spacial score (nSPS) is 13.4. The molecular weight excluding hydrogens is 731 g/mol. The first kappa shape index (κ1) is 57.2. The standard InChI is InChI=1S/C53H101NO5/c1-3-5-7-9-11-13-15-17-18-19-20-21-22-23-24-25-26-27-28-29-30-31-32-33-35-37-39-41-43-45-47-51(56)52(57)53(58)59-48-49(54)50(55)46-44-42-40-38-36-34-16-14-12-10-8-6-4-2/h44-47,49-50,55-57H,3-43,48,54H2,1-2H3. The fraction of sp³-hybridized carbons (Fsp3) is 0.868. The lowest BCUT2D eigenvalue weighted by molar-refractivity contribution is -0.143. The van der Waals surface area contributed by atoms with E-state index in [1.54, 1.807) is 12.2 Å². The van der Waals surface area contributed by atoms with E-state index in [1.807, 2.05) is 6.08 Å². The summed E-state index contributed by atoms with van der Waals surface area (Å²) in [7, 11) is 0. The molecule has 0 heterocycles. The zero-order chi connectivity index (χ0) is 43.1. The molecule has 0 aromatic rings. The number of ether oxygens (including phenoxy) is 1. The van der Waals surface area contributed by atoms with Gasteiger partial charge < -0.3 is 25.8 Å². The number of carbonyl (C=O) groups is 1. The van der Waals surface area contributed by atoms with Crippen molar-refractivity contribution >= 4 is 5.97 Å². The number of aliphatic hydroxyl groups is 3. The summed E-state index contributed by atoms with van der Waals surface area (Å²) in [5.74, 6) is -2.41. The molecule has 0 amide bonds. The van der Waals surface area contributed by atoms with Gasteiger partial charge in [-0.05, 0) is 31.8 Å². The van der Waals surface area contributed by atoms with Crippen molar-refractivity contribution in [3.8, 4) is 0 Å². The third kappa shape index (κ3) is 42.7. The lowest BCUT2D eigenvalue weighted by atomic mass is 10.0. The Hall–Kier alpha value is -1.79. The molecule has 6 nitrogen and oxygen atoms in total. The Morgan fingerprint density at radius 3 is 1.03 bits per heavy atom. The Morgan fingerprint density at radius 1 is 0.458 bits per heavy atom. The van der Waals surface area contributed by atoms with Gasteiger partial charge in [0.05, 0.1) is 12.1 Å². The van der Waals surface area contributed by atoms with E-state index in [2.05, 4.69) is 13.8 Å². The number of unbranched alkanes of at least 4 members (excludes halogenated alkanes) is 39. The Morgan fingerprint density at radius 2 is 0.729 bits per heavy atom. The van der Waals surface area contributed by atoms with Crippen molar-refractivity contribution in [1.82, 2.24) is 0 Å². The van der Waals surface area contributed by atoms with Crippen LogP contribution < -0.4 is 5.73 Å². The van der Waals surface area contributed by atoms with Crippen LogP contribution in [-0.4, -0.2) is 40.0 Å². The van der Waals surface area contributed by atoms with Gasteiger partial charge in [-0.25, -0.2) is 4.79 Å². The average molecular weight is 832 g/mol. The molecule has 6 heteroatoms. The molecule has 0 aliphatic heterocycles. The van der Waals surface area contributed by atoms with Crippen LogP contribution in [0.1, 0.15) is 277 Å². The Labute approximate surface area is 367 Å². The second kappa shape index (κ2) is 47.3. The van der Waals surface area contributed by atoms with Crippen LogP contribution in [-0.2, 0) is 9.53 Å². The van der Waals surface area contributed by atoms with Gasteiger partial charge in [0.25, 0.3) is 0 Å². The predicted octanol–water partition coefficient (Wildman–Crippen LogP) is 16.7. The Bertz CT molecular complexity index is 962. The lowest BCUT2D eigenvalue weighted by Crippen LogP contribution is -2.38. The van der Waals surface area contributed by atoms with E-state index in [0.29, 0.717) is 0 Å². The number of rotatable bonds is 47. The molecule has 5 N–H and O–H groups in total. The molecule has 0 saturated carbocycles. The van der Waals surface area contributed by atoms with Gasteiger partial charge in [-0.2, -0.15) is 0 Å². The van der Waals surface area contributed by atoms with Crippen LogP contribution in [0.5, 0.6) is 0 Å². The molecule has 0 fully saturated rings. The van der Waals surface area contributed by atoms with Crippen molar-refractivity contribution in [2.75, 3.05) is 6.61 Å². The Kier molecular flexibility index (Phi) is 45.8. The molecule has 0 bridgehead atoms. The smallest absolute Gasteiger partial charge is 0.377 e. The fourth-order valence-corrected chi connectivity index (χ4v) is 7.95. The largest absolute Gasteiger partial charge is 0.504 e. The first-order valence-corrected chi connectivity index (χ1v) is 26.0. The average Bonchev–Trinajstić information content (AvgIpc) is 3.24. The van der Waals surface area contributed by atoms with Gasteiger partial charge in [-0.15, -0.1) is 0 Å². The highest BCUT2D eigenvalue weighted by molar-refractivity contribution is 5.86. The summed E-state index contributed by atoms with van der Waals surface area (Å²) in [6.07, 6.45) is 60.4. The van der Waals surface area contributed by atoms with Gasteiger partial charge in [-0.1, -0.05) is 270 Å². The van der Waals surface area contributed by atoms with E-state index in [1.165, 1.54) is 237 Å². The lowest BCUT2D eigenvalue weighted by Gasteiger charge is -2.15. The molecule has 0 saturated heterocycles. The SMILES string of the molecule is CCCCCCCCCCCCCC=CC(O)C(N)COC(=O)C(O)=C(O)C=CCCCCCCCCCCCCCCCCCCCCCCCCCCCCCC. The van der Waals surface area contributed by atoms with Crippen molar-refractivity contribution in [3.63, 3.8) is 0 Å². The number of hydrogen-bond acceptors (Lipinski definition) is 6. The maximum Gasteiger partial charge on any atom is 0.377 e. The van der Waals surface area contributed by atoms with Crippen LogP contribution in [0.25, 0.3) is 0 Å². The summed E-state index contributed by atoms with van der Waals surface area (Å²) in [4.78, 5) is 12.2. The van der Waals surface area contributed by atoms with E-state index in [0.717, 1.165) is 32.1 Å². The quantitative estimate of drug-likeness (QED) is 0.0121. The third-order valence-electron chi connectivity index (χ3n) is 12.1. The van der Waals surface area contributed by atoms with Gasteiger partial charge in [0, 0.05) is 0 Å². The highest BCUT2D eigenvalue weighted by atomic mass is 16.5. The minimum Gasteiger partial charge on any atom is -0.504 e. The molecule has 2 atom stereocenters. The zero-order valence-corrected chi connectivity index (χ0v) is 39.4. The molecule has 0 aromatic carbocycles. The van der Waals surface area contributed by atoms with Crippen LogP contribution in [0, 0.1) is 0 Å². The predicted molar refractivity (Wildman–Crippen MR) is 256 cm³/mol. The summed E-state index contributed by atoms with van der Waals surface area (Å²) in [6.45, 7) is 4.29. The number of nitrogens with two attached hydrogens (primary N) is 1.